The molecule has 0 aliphatic heterocycles. The van der Waals surface area contributed by atoms with Crippen molar-refractivity contribution >= 4 is 5.91 Å². The highest BCUT2D eigenvalue weighted by molar-refractivity contribution is 5.79. The van der Waals surface area contributed by atoms with Gasteiger partial charge in [0, 0.05) is 31.7 Å². The van der Waals surface area contributed by atoms with Crippen LogP contribution in [0.4, 0.5) is 0 Å². The maximum Gasteiger partial charge on any atom is 0.225 e. The van der Waals surface area contributed by atoms with E-state index in [0.717, 1.165) is 25.7 Å². The standard InChI is InChI=1S/C13H26N2O2/c1-10(2)15(8-9-17-3)13(16)11-4-6-12(14)7-5-11/h10-12H,4-9,14H2,1-3H3. The third-order valence-corrected chi connectivity index (χ3v) is 3.56. The van der Waals surface area contributed by atoms with Crippen LogP contribution in [0.3, 0.4) is 0 Å². The molecule has 17 heavy (non-hydrogen) atoms. The van der Waals surface area contributed by atoms with E-state index >= 15 is 0 Å². The second kappa shape index (κ2) is 6.97. The van der Waals surface area contributed by atoms with E-state index in [0.29, 0.717) is 19.2 Å². The molecule has 0 radical (unpaired) electrons. The number of rotatable bonds is 5. The number of hydrogen-bond acceptors (Lipinski definition) is 3. The van der Waals surface area contributed by atoms with Crippen LogP contribution in [0.2, 0.25) is 0 Å². The average molecular weight is 242 g/mol. The first-order valence-electron chi connectivity index (χ1n) is 6.61. The lowest BCUT2D eigenvalue weighted by Gasteiger charge is -2.33. The van der Waals surface area contributed by atoms with Gasteiger partial charge in [0.2, 0.25) is 5.91 Å². The Labute approximate surface area is 104 Å². The van der Waals surface area contributed by atoms with Crippen molar-refractivity contribution in [2.75, 3.05) is 20.3 Å². The summed E-state index contributed by atoms with van der Waals surface area (Å²) in [5, 5.41) is 0. The van der Waals surface area contributed by atoms with Gasteiger partial charge in [-0.3, -0.25) is 4.79 Å². The number of carbonyl (C=O) groups excluding carboxylic acids is 1. The summed E-state index contributed by atoms with van der Waals surface area (Å²) in [6.45, 7) is 5.41. The Hall–Kier alpha value is -0.610. The van der Waals surface area contributed by atoms with Gasteiger partial charge in [-0.05, 0) is 39.5 Å². The molecule has 0 heterocycles. The molecule has 100 valence electrons. The number of amides is 1. The molecular weight excluding hydrogens is 216 g/mol. The third kappa shape index (κ3) is 4.28. The molecule has 2 N–H and O–H groups in total. The van der Waals surface area contributed by atoms with Crippen molar-refractivity contribution in [2.24, 2.45) is 11.7 Å². The fraction of sp³-hybridized carbons (Fsp3) is 0.923. The first kappa shape index (κ1) is 14.5. The summed E-state index contributed by atoms with van der Waals surface area (Å²) in [6, 6.07) is 0.541. The van der Waals surface area contributed by atoms with Crippen LogP contribution in [0.5, 0.6) is 0 Å². The van der Waals surface area contributed by atoms with Gasteiger partial charge in [0.1, 0.15) is 0 Å². The summed E-state index contributed by atoms with van der Waals surface area (Å²) in [4.78, 5) is 14.3. The smallest absolute Gasteiger partial charge is 0.225 e. The maximum atomic E-state index is 12.4. The number of ether oxygens (including phenoxy) is 1. The summed E-state index contributed by atoms with van der Waals surface area (Å²) in [5.41, 5.74) is 5.87. The summed E-state index contributed by atoms with van der Waals surface area (Å²) >= 11 is 0. The maximum absolute atomic E-state index is 12.4. The van der Waals surface area contributed by atoms with Crippen LogP contribution in [-0.2, 0) is 9.53 Å². The molecule has 1 aliphatic carbocycles. The lowest BCUT2D eigenvalue weighted by Crippen LogP contribution is -2.44. The summed E-state index contributed by atoms with van der Waals surface area (Å²) < 4.78 is 5.06. The van der Waals surface area contributed by atoms with Gasteiger partial charge >= 0.3 is 0 Å². The minimum absolute atomic E-state index is 0.175. The summed E-state index contributed by atoms with van der Waals surface area (Å²) in [5.74, 6) is 0.456. The number of nitrogens with two attached hydrogens (primary N) is 1. The predicted molar refractivity (Wildman–Crippen MR) is 68.7 cm³/mol. The second-order valence-corrected chi connectivity index (χ2v) is 5.23. The molecule has 0 saturated heterocycles. The molecule has 4 nitrogen and oxygen atoms in total. The molecule has 1 saturated carbocycles. The normalized spacial score (nSPS) is 25.0. The van der Waals surface area contributed by atoms with Crippen molar-refractivity contribution in [3.8, 4) is 0 Å². The Kier molecular flexibility index (Phi) is 5.92. The fourth-order valence-electron chi connectivity index (χ4n) is 2.41. The number of hydrogen-bond donors (Lipinski definition) is 1. The highest BCUT2D eigenvalue weighted by atomic mass is 16.5. The fourth-order valence-corrected chi connectivity index (χ4v) is 2.41. The van der Waals surface area contributed by atoms with E-state index in [9.17, 15) is 4.79 Å². The molecule has 0 bridgehead atoms. The Morgan fingerprint density at radius 3 is 2.41 bits per heavy atom. The molecule has 0 aromatic rings. The van der Waals surface area contributed by atoms with Crippen LogP contribution in [-0.4, -0.2) is 43.2 Å². The van der Waals surface area contributed by atoms with Gasteiger partial charge in [0.15, 0.2) is 0 Å². The summed E-state index contributed by atoms with van der Waals surface area (Å²) in [7, 11) is 1.67. The van der Waals surface area contributed by atoms with Gasteiger partial charge in [0.25, 0.3) is 0 Å². The van der Waals surface area contributed by atoms with Gasteiger partial charge in [0.05, 0.1) is 6.61 Å². The monoisotopic (exact) mass is 242 g/mol. The molecule has 0 aromatic carbocycles. The van der Waals surface area contributed by atoms with Crippen LogP contribution in [0.15, 0.2) is 0 Å². The van der Waals surface area contributed by atoms with Gasteiger partial charge in [-0.2, -0.15) is 0 Å². The van der Waals surface area contributed by atoms with Crippen LogP contribution >= 0.6 is 0 Å². The molecule has 0 unspecified atom stereocenters. The topological polar surface area (TPSA) is 55.6 Å². The number of methoxy groups -OCH3 is 1. The highest BCUT2D eigenvalue weighted by Crippen LogP contribution is 2.25. The van der Waals surface area contributed by atoms with Crippen molar-refractivity contribution in [3.05, 3.63) is 0 Å². The summed E-state index contributed by atoms with van der Waals surface area (Å²) in [6.07, 6.45) is 3.84. The van der Waals surface area contributed by atoms with E-state index in [1.165, 1.54) is 0 Å². The SMILES string of the molecule is COCCN(C(=O)C1CCC(N)CC1)C(C)C. The Morgan fingerprint density at radius 1 is 1.35 bits per heavy atom. The lowest BCUT2D eigenvalue weighted by atomic mass is 9.85. The quantitative estimate of drug-likeness (QED) is 0.792. The van der Waals surface area contributed by atoms with Gasteiger partial charge in [-0.1, -0.05) is 0 Å². The zero-order valence-corrected chi connectivity index (χ0v) is 11.3. The van der Waals surface area contributed by atoms with Crippen molar-refractivity contribution in [3.63, 3.8) is 0 Å². The zero-order chi connectivity index (χ0) is 12.8. The Balaban J connectivity index is 2.52. The van der Waals surface area contributed by atoms with Gasteiger partial charge < -0.3 is 15.4 Å². The van der Waals surface area contributed by atoms with E-state index in [1.807, 2.05) is 4.90 Å². The molecule has 1 fully saturated rings. The largest absolute Gasteiger partial charge is 0.383 e. The first-order valence-corrected chi connectivity index (χ1v) is 6.61. The van der Waals surface area contributed by atoms with Crippen LogP contribution in [0.25, 0.3) is 0 Å². The van der Waals surface area contributed by atoms with Crippen molar-refractivity contribution < 1.29 is 9.53 Å². The highest BCUT2D eigenvalue weighted by Gasteiger charge is 2.29. The minimum atomic E-state index is 0.175. The predicted octanol–water partition coefficient (Wildman–Crippen LogP) is 1.39. The molecule has 0 atom stereocenters. The molecular formula is C13H26N2O2. The second-order valence-electron chi connectivity index (χ2n) is 5.23. The van der Waals surface area contributed by atoms with E-state index in [2.05, 4.69) is 13.8 Å². The molecule has 4 heteroatoms. The lowest BCUT2D eigenvalue weighted by molar-refractivity contribution is -0.139. The van der Waals surface area contributed by atoms with Gasteiger partial charge in [-0.25, -0.2) is 0 Å². The molecule has 0 spiro atoms. The molecule has 1 rings (SSSR count). The van der Waals surface area contributed by atoms with E-state index in [4.69, 9.17) is 10.5 Å². The van der Waals surface area contributed by atoms with Crippen molar-refractivity contribution in [1.29, 1.82) is 0 Å². The zero-order valence-electron chi connectivity index (χ0n) is 11.3. The van der Waals surface area contributed by atoms with Crippen LogP contribution in [0.1, 0.15) is 39.5 Å². The van der Waals surface area contributed by atoms with Gasteiger partial charge in [-0.15, -0.1) is 0 Å². The van der Waals surface area contributed by atoms with Crippen LogP contribution in [0, 0.1) is 5.92 Å². The van der Waals surface area contributed by atoms with E-state index < -0.39 is 0 Å². The van der Waals surface area contributed by atoms with Crippen molar-refractivity contribution in [1.82, 2.24) is 4.90 Å². The third-order valence-electron chi connectivity index (χ3n) is 3.56. The van der Waals surface area contributed by atoms with E-state index in [1.54, 1.807) is 7.11 Å². The Bertz CT molecular complexity index is 236. The number of carbonyl (C=O) groups is 1. The molecule has 0 aromatic heterocycles. The van der Waals surface area contributed by atoms with E-state index in [-0.39, 0.29) is 17.9 Å². The first-order chi connectivity index (χ1) is 8.06. The molecule has 1 aliphatic rings. The minimum Gasteiger partial charge on any atom is -0.383 e. The Morgan fingerprint density at radius 2 is 1.94 bits per heavy atom. The van der Waals surface area contributed by atoms with Crippen molar-refractivity contribution in [2.45, 2.75) is 51.6 Å². The molecule has 1 amide bonds. The average Bonchev–Trinajstić information content (AvgIpc) is 2.29. The van der Waals surface area contributed by atoms with Crippen LogP contribution < -0.4 is 5.73 Å². The number of nitrogens with zero attached hydrogens (tertiary/aromatic N) is 1.